The van der Waals surface area contributed by atoms with Gasteiger partial charge < -0.3 is 20.6 Å². The summed E-state index contributed by atoms with van der Waals surface area (Å²) in [5.74, 6) is 0.747. The van der Waals surface area contributed by atoms with E-state index in [1.165, 1.54) is 6.21 Å². The number of anilines is 1. The van der Waals surface area contributed by atoms with Gasteiger partial charge in [-0.2, -0.15) is 0 Å². The second-order valence-electron chi connectivity index (χ2n) is 5.52. The van der Waals surface area contributed by atoms with Gasteiger partial charge >= 0.3 is 0 Å². The van der Waals surface area contributed by atoms with Crippen molar-refractivity contribution >= 4 is 23.1 Å². The molecule has 2 aromatic heterocycles. The van der Waals surface area contributed by atoms with E-state index in [0.29, 0.717) is 23.7 Å². The molecule has 0 aliphatic rings. The van der Waals surface area contributed by atoms with E-state index in [4.69, 9.17) is 10.9 Å². The molecule has 2 heterocycles. The topological polar surface area (TPSA) is 110 Å². The van der Waals surface area contributed by atoms with Gasteiger partial charge in [0, 0.05) is 5.69 Å². The standard InChI is InChI=1S/C13H19N5O2/c1-7-8(2)16-12(14)10-11(7)18(6-13(3,4)19)9(17-10)5-15-20/h5,19-20H,6H2,1-4H3,(H2,14,16)/b15-5+. The summed E-state index contributed by atoms with van der Waals surface area (Å²) in [6.45, 7) is 7.49. The van der Waals surface area contributed by atoms with Crippen molar-refractivity contribution in [1.29, 1.82) is 0 Å². The molecule has 4 N–H and O–H groups in total. The Morgan fingerprint density at radius 1 is 1.35 bits per heavy atom. The van der Waals surface area contributed by atoms with Crippen LogP contribution in [0.2, 0.25) is 0 Å². The van der Waals surface area contributed by atoms with E-state index in [-0.39, 0.29) is 0 Å². The third-order valence-corrected chi connectivity index (χ3v) is 3.14. The van der Waals surface area contributed by atoms with Gasteiger partial charge in [-0.3, -0.25) is 0 Å². The monoisotopic (exact) mass is 277 g/mol. The molecule has 0 spiro atoms. The minimum atomic E-state index is -0.940. The van der Waals surface area contributed by atoms with Crippen molar-refractivity contribution in [2.24, 2.45) is 5.16 Å². The maximum Gasteiger partial charge on any atom is 0.155 e. The summed E-state index contributed by atoms with van der Waals surface area (Å²) in [5.41, 5.74) is 8.06. The van der Waals surface area contributed by atoms with Crippen LogP contribution in [0.15, 0.2) is 5.16 Å². The van der Waals surface area contributed by atoms with Crippen molar-refractivity contribution in [3.05, 3.63) is 17.1 Å². The molecule has 0 fully saturated rings. The van der Waals surface area contributed by atoms with Crippen LogP contribution in [0, 0.1) is 13.8 Å². The zero-order chi connectivity index (χ0) is 15.1. The third-order valence-electron chi connectivity index (χ3n) is 3.14. The lowest BCUT2D eigenvalue weighted by molar-refractivity contribution is 0.0625. The van der Waals surface area contributed by atoms with Crippen LogP contribution in [0.4, 0.5) is 5.82 Å². The predicted octanol–water partition coefficient (Wildman–Crippen LogP) is 1.21. The summed E-state index contributed by atoms with van der Waals surface area (Å²) in [6.07, 6.45) is 1.22. The number of hydrogen-bond acceptors (Lipinski definition) is 6. The molecule has 0 radical (unpaired) electrons. The van der Waals surface area contributed by atoms with Crippen LogP contribution in [0.5, 0.6) is 0 Å². The minimum Gasteiger partial charge on any atom is -0.411 e. The average Bonchev–Trinajstić information content (AvgIpc) is 2.64. The van der Waals surface area contributed by atoms with Crippen molar-refractivity contribution in [3.8, 4) is 0 Å². The van der Waals surface area contributed by atoms with Crippen LogP contribution in [0.25, 0.3) is 11.0 Å². The number of nitrogen functional groups attached to an aromatic ring is 1. The van der Waals surface area contributed by atoms with E-state index in [1.54, 1.807) is 18.4 Å². The van der Waals surface area contributed by atoms with Crippen LogP contribution >= 0.6 is 0 Å². The average molecular weight is 277 g/mol. The second-order valence-corrected chi connectivity index (χ2v) is 5.52. The smallest absolute Gasteiger partial charge is 0.155 e. The highest BCUT2D eigenvalue weighted by molar-refractivity contribution is 5.92. The van der Waals surface area contributed by atoms with Gasteiger partial charge in [0.25, 0.3) is 0 Å². The maximum absolute atomic E-state index is 10.1. The summed E-state index contributed by atoms with van der Waals surface area (Å²) in [5, 5.41) is 21.9. The van der Waals surface area contributed by atoms with E-state index < -0.39 is 5.60 Å². The molecule has 0 unspecified atom stereocenters. The van der Waals surface area contributed by atoms with E-state index >= 15 is 0 Å². The van der Waals surface area contributed by atoms with E-state index in [2.05, 4.69) is 15.1 Å². The molecule has 0 bridgehead atoms. The minimum absolute atomic E-state index is 0.300. The van der Waals surface area contributed by atoms with Crippen LogP contribution < -0.4 is 5.73 Å². The molecule has 2 rings (SSSR count). The van der Waals surface area contributed by atoms with E-state index in [9.17, 15) is 5.11 Å². The van der Waals surface area contributed by atoms with Gasteiger partial charge in [0.05, 0.1) is 17.7 Å². The maximum atomic E-state index is 10.1. The highest BCUT2D eigenvalue weighted by Crippen LogP contribution is 2.26. The largest absolute Gasteiger partial charge is 0.411 e. The highest BCUT2D eigenvalue weighted by Gasteiger charge is 2.21. The van der Waals surface area contributed by atoms with Crippen LogP contribution in [0.3, 0.4) is 0 Å². The fourth-order valence-electron chi connectivity index (χ4n) is 2.21. The van der Waals surface area contributed by atoms with Crippen molar-refractivity contribution < 1.29 is 10.3 Å². The Labute approximate surface area is 116 Å². The fourth-order valence-corrected chi connectivity index (χ4v) is 2.21. The Bertz CT molecular complexity index is 682. The lowest BCUT2D eigenvalue weighted by Crippen LogP contribution is -2.27. The number of pyridine rings is 1. The van der Waals surface area contributed by atoms with Gasteiger partial charge in [-0.1, -0.05) is 5.16 Å². The summed E-state index contributed by atoms with van der Waals surface area (Å²) < 4.78 is 1.79. The summed E-state index contributed by atoms with van der Waals surface area (Å²) in [4.78, 5) is 8.59. The van der Waals surface area contributed by atoms with Crippen LogP contribution in [0.1, 0.15) is 30.9 Å². The van der Waals surface area contributed by atoms with Gasteiger partial charge in [0.1, 0.15) is 11.7 Å². The zero-order valence-electron chi connectivity index (χ0n) is 12.0. The van der Waals surface area contributed by atoms with Crippen molar-refractivity contribution in [2.45, 2.75) is 39.8 Å². The zero-order valence-corrected chi connectivity index (χ0v) is 12.0. The molecule has 20 heavy (non-hydrogen) atoms. The van der Waals surface area contributed by atoms with Crippen molar-refractivity contribution in [3.63, 3.8) is 0 Å². The fraction of sp³-hybridized carbons (Fsp3) is 0.462. The first-order valence-electron chi connectivity index (χ1n) is 6.27. The molecule has 0 saturated heterocycles. The third kappa shape index (κ3) is 2.44. The number of aliphatic hydroxyl groups is 1. The summed E-state index contributed by atoms with van der Waals surface area (Å²) in [7, 11) is 0. The first-order valence-corrected chi connectivity index (χ1v) is 6.27. The summed E-state index contributed by atoms with van der Waals surface area (Å²) >= 11 is 0. The number of nitrogens with two attached hydrogens (primary N) is 1. The number of nitrogens with zero attached hydrogens (tertiary/aromatic N) is 4. The van der Waals surface area contributed by atoms with Gasteiger partial charge in [0.2, 0.25) is 0 Å². The molecular formula is C13H19N5O2. The number of hydrogen-bond donors (Lipinski definition) is 3. The predicted molar refractivity (Wildman–Crippen MR) is 77.1 cm³/mol. The Morgan fingerprint density at radius 3 is 2.55 bits per heavy atom. The number of rotatable bonds is 3. The van der Waals surface area contributed by atoms with Crippen molar-refractivity contribution in [1.82, 2.24) is 14.5 Å². The van der Waals surface area contributed by atoms with Gasteiger partial charge in [-0.15, -0.1) is 0 Å². The number of aryl methyl sites for hydroxylation is 2. The van der Waals surface area contributed by atoms with E-state index in [0.717, 1.165) is 16.8 Å². The SMILES string of the molecule is Cc1nc(N)c2nc(/C=N/O)n(CC(C)(C)O)c2c1C. The first-order chi connectivity index (χ1) is 9.24. The normalized spacial score (nSPS) is 12.7. The Morgan fingerprint density at radius 2 is 2.00 bits per heavy atom. The van der Waals surface area contributed by atoms with Gasteiger partial charge in [-0.25, -0.2) is 9.97 Å². The Hall–Kier alpha value is -2.15. The molecule has 0 aliphatic heterocycles. The molecule has 0 atom stereocenters. The number of aromatic nitrogens is 3. The number of fused-ring (bicyclic) bond motifs is 1. The number of imidazole rings is 1. The van der Waals surface area contributed by atoms with Gasteiger partial charge in [0.15, 0.2) is 11.6 Å². The van der Waals surface area contributed by atoms with Crippen molar-refractivity contribution in [2.75, 3.05) is 5.73 Å². The number of oxime groups is 1. The molecule has 0 amide bonds. The molecule has 7 heteroatoms. The van der Waals surface area contributed by atoms with Crippen LogP contribution in [-0.4, -0.2) is 36.7 Å². The lowest BCUT2D eigenvalue weighted by Gasteiger charge is -2.20. The lowest BCUT2D eigenvalue weighted by atomic mass is 10.1. The van der Waals surface area contributed by atoms with Gasteiger partial charge in [-0.05, 0) is 33.3 Å². The van der Waals surface area contributed by atoms with Crippen LogP contribution in [-0.2, 0) is 6.54 Å². The molecule has 108 valence electrons. The first kappa shape index (κ1) is 14.3. The molecule has 0 saturated carbocycles. The highest BCUT2D eigenvalue weighted by atomic mass is 16.4. The second kappa shape index (κ2) is 4.75. The van der Waals surface area contributed by atoms with E-state index in [1.807, 2.05) is 13.8 Å². The molecule has 7 nitrogen and oxygen atoms in total. The molecular weight excluding hydrogens is 258 g/mol. The quantitative estimate of drug-likeness (QED) is 0.444. The molecule has 0 aliphatic carbocycles. The Balaban J connectivity index is 2.83. The molecule has 0 aromatic carbocycles. The summed E-state index contributed by atoms with van der Waals surface area (Å²) in [6, 6.07) is 0. The molecule has 2 aromatic rings. The Kier molecular flexibility index (Phi) is 3.39.